The summed E-state index contributed by atoms with van der Waals surface area (Å²) in [6.45, 7) is 0. The number of hydrogen-bond acceptors (Lipinski definition) is 1. The molecule has 2 nitrogen and oxygen atoms in total. The molecule has 1 aromatic heterocycles. The number of benzene rings is 2. The van der Waals surface area contributed by atoms with Gasteiger partial charge in [0.05, 0.1) is 11.2 Å². The van der Waals surface area contributed by atoms with E-state index in [0.717, 1.165) is 0 Å². The Kier molecular flexibility index (Phi) is 2.63. The smallest absolute Gasteiger partial charge is 0.152 e. The zero-order valence-electron chi connectivity index (χ0n) is 9.78. The highest BCUT2D eigenvalue weighted by Gasteiger charge is 2.14. The number of aldehydes is 1. The Morgan fingerprint density at radius 1 is 1.00 bits per heavy atom. The summed E-state index contributed by atoms with van der Waals surface area (Å²) in [5.41, 5.74) is 1.79. The number of hydrogen-bond donors (Lipinski definition) is 1. The van der Waals surface area contributed by atoms with E-state index in [-0.39, 0.29) is 11.3 Å². The van der Waals surface area contributed by atoms with Crippen molar-refractivity contribution in [2.75, 3.05) is 0 Å². The fourth-order valence-corrected chi connectivity index (χ4v) is 2.17. The summed E-state index contributed by atoms with van der Waals surface area (Å²) >= 11 is 0. The Hall–Kier alpha value is -2.49. The number of fused-ring (bicyclic) bond motifs is 1. The Balaban J connectivity index is 2.32. The predicted octanol–water partition coefficient (Wildman–Crippen LogP) is 3.93. The SMILES string of the molecule is O=Cc1c(-c2ccc(F)cc2)[nH]c2c(F)cccc12. The maximum absolute atomic E-state index is 13.7. The molecule has 3 rings (SSSR count). The fourth-order valence-electron chi connectivity index (χ4n) is 2.17. The quantitative estimate of drug-likeness (QED) is 0.693. The van der Waals surface area contributed by atoms with E-state index in [1.807, 2.05) is 0 Å². The lowest BCUT2D eigenvalue weighted by molar-refractivity contribution is 0.112. The van der Waals surface area contributed by atoms with Crippen molar-refractivity contribution in [2.45, 2.75) is 0 Å². The van der Waals surface area contributed by atoms with Crippen LogP contribution >= 0.6 is 0 Å². The van der Waals surface area contributed by atoms with Gasteiger partial charge in [-0.1, -0.05) is 12.1 Å². The molecule has 0 amide bonds. The zero-order valence-corrected chi connectivity index (χ0v) is 9.78. The third kappa shape index (κ3) is 1.81. The van der Waals surface area contributed by atoms with Gasteiger partial charge in [0.1, 0.15) is 11.6 Å². The number of nitrogens with one attached hydrogen (secondary N) is 1. The number of H-pyrrole nitrogens is 1. The van der Waals surface area contributed by atoms with Crippen LogP contribution in [0.3, 0.4) is 0 Å². The molecule has 0 fully saturated rings. The Morgan fingerprint density at radius 3 is 2.42 bits per heavy atom. The van der Waals surface area contributed by atoms with Crippen LogP contribution in [-0.4, -0.2) is 11.3 Å². The van der Waals surface area contributed by atoms with Crippen LogP contribution in [0.4, 0.5) is 8.78 Å². The van der Waals surface area contributed by atoms with E-state index in [1.165, 1.54) is 18.2 Å². The highest BCUT2D eigenvalue weighted by molar-refractivity contribution is 6.04. The molecule has 0 atom stereocenters. The van der Waals surface area contributed by atoms with Crippen molar-refractivity contribution in [3.05, 3.63) is 59.7 Å². The Morgan fingerprint density at radius 2 is 1.74 bits per heavy atom. The van der Waals surface area contributed by atoms with E-state index >= 15 is 0 Å². The molecule has 1 N–H and O–H groups in total. The number of halogens is 2. The van der Waals surface area contributed by atoms with Crippen LogP contribution < -0.4 is 0 Å². The zero-order chi connectivity index (χ0) is 13.4. The minimum atomic E-state index is -0.422. The van der Waals surface area contributed by atoms with Crippen molar-refractivity contribution in [2.24, 2.45) is 0 Å². The highest BCUT2D eigenvalue weighted by atomic mass is 19.1. The molecule has 0 radical (unpaired) electrons. The first-order chi connectivity index (χ1) is 9.20. The molecule has 0 aliphatic heterocycles. The van der Waals surface area contributed by atoms with E-state index in [9.17, 15) is 13.6 Å². The van der Waals surface area contributed by atoms with Gasteiger partial charge in [-0.25, -0.2) is 8.78 Å². The average Bonchev–Trinajstić information content (AvgIpc) is 2.79. The molecule has 0 aliphatic carbocycles. The van der Waals surface area contributed by atoms with Gasteiger partial charge in [0, 0.05) is 10.9 Å². The van der Waals surface area contributed by atoms with Gasteiger partial charge >= 0.3 is 0 Å². The summed E-state index contributed by atoms with van der Waals surface area (Å²) < 4.78 is 26.6. The topological polar surface area (TPSA) is 32.9 Å². The van der Waals surface area contributed by atoms with Gasteiger partial charge in [-0.2, -0.15) is 0 Å². The predicted molar refractivity (Wildman–Crippen MR) is 69.0 cm³/mol. The van der Waals surface area contributed by atoms with Gasteiger partial charge in [-0.3, -0.25) is 4.79 Å². The van der Waals surface area contributed by atoms with Crippen molar-refractivity contribution in [1.82, 2.24) is 4.98 Å². The molecule has 2 aromatic carbocycles. The van der Waals surface area contributed by atoms with Gasteiger partial charge < -0.3 is 4.98 Å². The normalized spacial score (nSPS) is 10.8. The lowest BCUT2D eigenvalue weighted by atomic mass is 10.1. The molecular weight excluding hydrogens is 248 g/mol. The van der Waals surface area contributed by atoms with Crippen LogP contribution in [0.25, 0.3) is 22.2 Å². The van der Waals surface area contributed by atoms with Crippen molar-refractivity contribution in [1.29, 1.82) is 0 Å². The van der Waals surface area contributed by atoms with E-state index in [4.69, 9.17) is 0 Å². The van der Waals surface area contributed by atoms with Crippen LogP contribution in [0.15, 0.2) is 42.5 Å². The van der Waals surface area contributed by atoms with Crippen LogP contribution in [-0.2, 0) is 0 Å². The molecule has 19 heavy (non-hydrogen) atoms. The third-order valence-electron chi connectivity index (χ3n) is 3.07. The van der Waals surface area contributed by atoms with Crippen LogP contribution in [0.1, 0.15) is 10.4 Å². The molecule has 0 saturated carbocycles. The summed E-state index contributed by atoms with van der Waals surface area (Å²) in [4.78, 5) is 14.1. The molecule has 3 aromatic rings. The minimum Gasteiger partial charge on any atom is -0.352 e. The molecule has 1 heterocycles. The molecule has 0 unspecified atom stereocenters. The van der Waals surface area contributed by atoms with Gasteiger partial charge in [0.15, 0.2) is 6.29 Å². The first-order valence-corrected chi connectivity index (χ1v) is 5.72. The number of aromatic nitrogens is 1. The Labute approximate surface area is 107 Å². The van der Waals surface area contributed by atoms with Crippen LogP contribution in [0.5, 0.6) is 0 Å². The molecule has 0 bridgehead atoms. The minimum absolute atomic E-state index is 0.281. The molecule has 0 aliphatic rings. The average molecular weight is 257 g/mol. The van der Waals surface area contributed by atoms with Gasteiger partial charge in [0.25, 0.3) is 0 Å². The largest absolute Gasteiger partial charge is 0.352 e. The monoisotopic (exact) mass is 257 g/mol. The van der Waals surface area contributed by atoms with Crippen molar-refractivity contribution in [3.8, 4) is 11.3 Å². The first-order valence-electron chi connectivity index (χ1n) is 5.72. The van der Waals surface area contributed by atoms with E-state index < -0.39 is 5.82 Å². The van der Waals surface area contributed by atoms with Gasteiger partial charge in [-0.05, 0) is 35.9 Å². The lowest BCUT2D eigenvalue weighted by Gasteiger charge is -1.99. The number of para-hydroxylation sites is 1. The molecular formula is C15H9F2NO. The summed E-state index contributed by atoms with van der Waals surface area (Å²) in [5, 5.41) is 0.523. The number of carbonyl (C=O) groups excluding carboxylic acids is 1. The van der Waals surface area contributed by atoms with Gasteiger partial charge in [-0.15, -0.1) is 0 Å². The van der Waals surface area contributed by atoms with Crippen LogP contribution in [0, 0.1) is 11.6 Å². The second kappa shape index (κ2) is 4.31. The summed E-state index contributed by atoms with van der Waals surface area (Å²) in [6.07, 6.45) is 0.678. The molecule has 0 spiro atoms. The molecule has 0 saturated heterocycles. The van der Waals surface area contributed by atoms with E-state index in [1.54, 1.807) is 24.3 Å². The summed E-state index contributed by atoms with van der Waals surface area (Å²) in [6, 6.07) is 10.2. The van der Waals surface area contributed by atoms with Crippen molar-refractivity contribution < 1.29 is 13.6 Å². The number of rotatable bonds is 2. The Bertz CT molecular complexity index is 760. The van der Waals surface area contributed by atoms with Crippen molar-refractivity contribution in [3.63, 3.8) is 0 Å². The maximum atomic E-state index is 13.7. The van der Waals surface area contributed by atoms with E-state index in [0.29, 0.717) is 28.5 Å². The first kappa shape index (κ1) is 11.6. The maximum Gasteiger partial charge on any atom is 0.152 e. The number of aromatic amines is 1. The lowest BCUT2D eigenvalue weighted by Crippen LogP contribution is -1.84. The van der Waals surface area contributed by atoms with Gasteiger partial charge in [0.2, 0.25) is 0 Å². The highest BCUT2D eigenvalue weighted by Crippen LogP contribution is 2.30. The third-order valence-corrected chi connectivity index (χ3v) is 3.07. The van der Waals surface area contributed by atoms with E-state index in [2.05, 4.69) is 4.98 Å². The second-order valence-corrected chi connectivity index (χ2v) is 4.20. The fraction of sp³-hybridized carbons (Fsp3) is 0. The standard InChI is InChI=1S/C15H9F2NO/c16-10-6-4-9(5-7-10)14-12(8-19)11-2-1-3-13(17)15(11)18-14/h1-8,18H. The number of carbonyl (C=O) groups is 1. The molecule has 4 heteroatoms. The van der Waals surface area contributed by atoms with Crippen molar-refractivity contribution >= 4 is 17.2 Å². The second-order valence-electron chi connectivity index (χ2n) is 4.20. The molecule has 94 valence electrons. The van der Waals surface area contributed by atoms with Crippen LogP contribution in [0.2, 0.25) is 0 Å². The summed E-state index contributed by atoms with van der Waals surface area (Å²) in [7, 11) is 0. The summed E-state index contributed by atoms with van der Waals surface area (Å²) in [5.74, 6) is -0.785.